The summed E-state index contributed by atoms with van der Waals surface area (Å²) in [6, 6.07) is 13.2. The minimum atomic E-state index is -0.320. The summed E-state index contributed by atoms with van der Waals surface area (Å²) in [5.41, 5.74) is 1.96. The molecule has 3 amide bonds. The molecule has 0 radical (unpaired) electrons. The summed E-state index contributed by atoms with van der Waals surface area (Å²) in [7, 11) is 0. The van der Waals surface area contributed by atoms with Crippen molar-refractivity contribution in [2.45, 2.75) is 6.92 Å². The van der Waals surface area contributed by atoms with Crippen molar-refractivity contribution in [1.82, 2.24) is 9.80 Å². The van der Waals surface area contributed by atoms with Gasteiger partial charge in [-0.05, 0) is 43.3 Å². The molecule has 2 aromatic rings. The monoisotopic (exact) mass is 379 g/mol. The third kappa shape index (κ3) is 4.43. The Morgan fingerprint density at radius 1 is 0.893 bits per heavy atom. The van der Waals surface area contributed by atoms with Crippen LogP contribution < -0.4 is 5.32 Å². The first-order chi connectivity index (χ1) is 13.5. The third-order valence-electron chi connectivity index (χ3n) is 4.67. The van der Waals surface area contributed by atoms with Gasteiger partial charge in [0.2, 0.25) is 6.41 Å². The number of carbonyl (C=O) groups excluding carboxylic acids is 4. The molecular formula is C21H21N3O4. The Hall–Kier alpha value is -3.48. The second-order valence-corrected chi connectivity index (χ2v) is 6.60. The number of Topliss-reactive ketones (excluding diaryl/α,β-unsaturated/α-hetero) is 1. The van der Waals surface area contributed by atoms with Crippen molar-refractivity contribution in [2.24, 2.45) is 0 Å². The highest BCUT2D eigenvalue weighted by Crippen LogP contribution is 2.14. The normalized spacial score (nSPS) is 13.8. The number of rotatable bonds is 5. The summed E-state index contributed by atoms with van der Waals surface area (Å²) in [5, 5.41) is 2.75. The summed E-state index contributed by atoms with van der Waals surface area (Å²) >= 11 is 0. The zero-order chi connectivity index (χ0) is 20.1. The van der Waals surface area contributed by atoms with Crippen molar-refractivity contribution < 1.29 is 19.2 Å². The van der Waals surface area contributed by atoms with Gasteiger partial charge in [0.15, 0.2) is 5.78 Å². The van der Waals surface area contributed by atoms with Gasteiger partial charge >= 0.3 is 0 Å². The van der Waals surface area contributed by atoms with Crippen molar-refractivity contribution in [1.29, 1.82) is 0 Å². The van der Waals surface area contributed by atoms with E-state index in [1.165, 1.54) is 6.92 Å². The quantitative estimate of drug-likeness (QED) is 0.636. The molecule has 1 aliphatic heterocycles. The highest BCUT2D eigenvalue weighted by molar-refractivity contribution is 6.05. The number of ketones is 1. The Morgan fingerprint density at radius 2 is 1.54 bits per heavy atom. The molecule has 1 fully saturated rings. The van der Waals surface area contributed by atoms with Gasteiger partial charge in [0.05, 0.1) is 0 Å². The van der Waals surface area contributed by atoms with Gasteiger partial charge < -0.3 is 15.1 Å². The number of nitrogens with one attached hydrogen (secondary N) is 1. The van der Waals surface area contributed by atoms with Crippen molar-refractivity contribution in [3.8, 4) is 0 Å². The Labute approximate surface area is 162 Å². The van der Waals surface area contributed by atoms with E-state index in [9.17, 15) is 19.2 Å². The van der Waals surface area contributed by atoms with E-state index in [0.717, 1.165) is 6.41 Å². The van der Waals surface area contributed by atoms with Crippen LogP contribution in [-0.2, 0) is 4.79 Å². The maximum Gasteiger partial charge on any atom is 0.255 e. The fraction of sp³-hybridized carbons (Fsp3) is 0.238. The number of anilines is 1. The summed E-state index contributed by atoms with van der Waals surface area (Å²) < 4.78 is 0. The summed E-state index contributed by atoms with van der Waals surface area (Å²) in [4.78, 5) is 50.5. The lowest BCUT2D eigenvalue weighted by Gasteiger charge is -2.32. The molecule has 0 bridgehead atoms. The third-order valence-corrected chi connectivity index (χ3v) is 4.67. The number of benzene rings is 2. The van der Waals surface area contributed by atoms with Crippen LogP contribution in [0.1, 0.15) is 38.0 Å². The van der Waals surface area contributed by atoms with Gasteiger partial charge in [-0.25, -0.2) is 0 Å². The van der Waals surface area contributed by atoms with E-state index >= 15 is 0 Å². The zero-order valence-electron chi connectivity index (χ0n) is 15.6. The fourth-order valence-corrected chi connectivity index (χ4v) is 3.00. The van der Waals surface area contributed by atoms with Gasteiger partial charge in [-0.3, -0.25) is 19.2 Å². The maximum absolute atomic E-state index is 12.6. The lowest BCUT2D eigenvalue weighted by molar-refractivity contribution is -0.119. The van der Waals surface area contributed by atoms with Crippen LogP contribution in [0.15, 0.2) is 48.5 Å². The molecule has 7 heteroatoms. The van der Waals surface area contributed by atoms with Crippen LogP contribution in [0, 0.1) is 0 Å². The molecule has 144 valence electrons. The molecule has 0 aliphatic carbocycles. The average Bonchev–Trinajstić information content (AvgIpc) is 2.73. The molecule has 0 spiro atoms. The Balaban J connectivity index is 1.64. The Kier molecular flexibility index (Phi) is 5.84. The molecule has 0 unspecified atom stereocenters. The van der Waals surface area contributed by atoms with Gasteiger partial charge in [-0.15, -0.1) is 0 Å². The number of amides is 3. The highest BCUT2D eigenvalue weighted by atomic mass is 16.2. The van der Waals surface area contributed by atoms with E-state index in [0.29, 0.717) is 48.6 Å². The zero-order valence-corrected chi connectivity index (χ0v) is 15.6. The molecule has 1 heterocycles. The van der Waals surface area contributed by atoms with Gasteiger partial charge in [-0.2, -0.15) is 0 Å². The van der Waals surface area contributed by atoms with Crippen LogP contribution in [0.2, 0.25) is 0 Å². The van der Waals surface area contributed by atoms with Crippen molar-refractivity contribution >= 4 is 29.7 Å². The SMILES string of the molecule is CC(=O)c1cccc(NC(=O)c2ccc(C(=O)N3CCN(C=O)CC3)cc2)c1. The van der Waals surface area contributed by atoms with Crippen LogP contribution in [-0.4, -0.2) is 60.0 Å². The predicted molar refractivity (Wildman–Crippen MR) is 104 cm³/mol. The first kappa shape index (κ1) is 19.3. The van der Waals surface area contributed by atoms with E-state index < -0.39 is 0 Å². The minimum Gasteiger partial charge on any atom is -0.342 e. The molecule has 0 aromatic heterocycles. The smallest absolute Gasteiger partial charge is 0.255 e. The Bertz CT molecular complexity index is 900. The largest absolute Gasteiger partial charge is 0.342 e. The molecule has 1 aliphatic rings. The second-order valence-electron chi connectivity index (χ2n) is 6.60. The number of hydrogen-bond acceptors (Lipinski definition) is 4. The fourth-order valence-electron chi connectivity index (χ4n) is 3.00. The van der Waals surface area contributed by atoms with Gasteiger partial charge in [0.25, 0.3) is 11.8 Å². The Morgan fingerprint density at radius 3 is 2.14 bits per heavy atom. The van der Waals surface area contributed by atoms with Crippen molar-refractivity contribution in [2.75, 3.05) is 31.5 Å². The molecule has 1 saturated heterocycles. The second kappa shape index (κ2) is 8.47. The summed E-state index contributed by atoms with van der Waals surface area (Å²) in [6.07, 6.45) is 0.793. The van der Waals surface area contributed by atoms with Crippen LogP contribution in [0.4, 0.5) is 5.69 Å². The van der Waals surface area contributed by atoms with Gasteiger partial charge in [-0.1, -0.05) is 12.1 Å². The minimum absolute atomic E-state index is 0.0760. The summed E-state index contributed by atoms with van der Waals surface area (Å²) in [5.74, 6) is -0.515. The molecule has 0 atom stereocenters. The molecule has 0 saturated carbocycles. The number of hydrogen-bond donors (Lipinski definition) is 1. The van der Waals surface area contributed by atoms with Gasteiger partial charge in [0.1, 0.15) is 0 Å². The molecule has 28 heavy (non-hydrogen) atoms. The van der Waals surface area contributed by atoms with E-state index in [1.807, 2.05) is 0 Å². The van der Waals surface area contributed by atoms with E-state index in [-0.39, 0.29) is 17.6 Å². The van der Waals surface area contributed by atoms with Gasteiger partial charge in [0, 0.05) is 48.6 Å². The van der Waals surface area contributed by atoms with E-state index in [4.69, 9.17) is 0 Å². The lowest BCUT2D eigenvalue weighted by Crippen LogP contribution is -2.48. The number of nitrogens with zero attached hydrogens (tertiary/aromatic N) is 2. The molecule has 2 aromatic carbocycles. The topological polar surface area (TPSA) is 86.8 Å². The van der Waals surface area contributed by atoms with Crippen molar-refractivity contribution in [3.63, 3.8) is 0 Å². The first-order valence-corrected chi connectivity index (χ1v) is 8.99. The number of piperazine rings is 1. The predicted octanol–water partition coefficient (Wildman–Crippen LogP) is 2.06. The first-order valence-electron chi connectivity index (χ1n) is 8.99. The van der Waals surface area contributed by atoms with Crippen molar-refractivity contribution in [3.05, 3.63) is 65.2 Å². The lowest BCUT2D eigenvalue weighted by atomic mass is 10.1. The molecule has 3 rings (SSSR count). The average molecular weight is 379 g/mol. The molecule has 1 N–H and O–H groups in total. The van der Waals surface area contributed by atoms with Crippen LogP contribution >= 0.6 is 0 Å². The summed E-state index contributed by atoms with van der Waals surface area (Å²) in [6.45, 7) is 3.50. The highest BCUT2D eigenvalue weighted by Gasteiger charge is 2.21. The van der Waals surface area contributed by atoms with Crippen LogP contribution in [0.25, 0.3) is 0 Å². The standard InChI is InChI=1S/C21H21N3O4/c1-15(26)18-3-2-4-19(13-18)22-20(27)16-5-7-17(8-6-16)21(28)24-11-9-23(14-25)10-12-24/h2-8,13-14H,9-12H2,1H3,(H,22,27). The van der Waals surface area contributed by atoms with E-state index in [1.54, 1.807) is 58.3 Å². The van der Waals surface area contributed by atoms with Crippen LogP contribution in [0.5, 0.6) is 0 Å². The van der Waals surface area contributed by atoms with E-state index in [2.05, 4.69) is 5.32 Å². The maximum atomic E-state index is 12.6. The number of carbonyl (C=O) groups is 4. The molecule has 7 nitrogen and oxygen atoms in total. The van der Waals surface area contributed by atoms with Crippen LogP contribution in [0.3, 0.4) is 0 Å². The molecular weight excluding hydrogens is 358 g/mol.